The van der Waals surface area contributed by atoms with E-state index < -0.39 is 0 Å². The van der Waals surface area contributed by atoms with Crippen LogP contribution < -0.4 is 0 Å². The summed E-state index contributed by atoms with van der Waals surface area (Å²) in [6.45, 7) is 11.6. The van der Waals surface area contributed by atoms with Crippen LogP contribution in [-0.4, -0.2) is 21.9 Å². The van der Waals surface area contributed by atoms with Crippen LogP contribution in [0, 0.1) is 52.8 Å². The van der Waals surface area contributed by atoms with Crippen LogP contribution >= 0.6 is 0 Å². The van der Waals surface area contributed by atoms with Crippen LogP contribution in [0.1, 0.15) is 119 Å². The molecule has 4 saturated carbocycles. The lowest BCUT2D eigenvalue weighted by atomic mass is 9.48. The van der Waals surface area contributed by atoms with Gasteiger partial charge in [-0.1, -0.05) is 42.0 Å². The molecular formula is C29H54O2. The van der Waals surface area contributed by atoms with Crippen LogP contribution in [-0.2, 0) is 0 Å². The highest BCUT2D eigenvalue weighted by atomic mass is 16.3. The summed E-state index contributed by atoms with van der Waals surface area (Å²) in [7, 11) is 0. The minimum absolute atomic E-state index is 0. The maximum absolute atomic E-state index is 10.9. The lowest BCUT2D eigenvalue weighted by Gasteiger charge is -2.57. The van der Waals surface area contributed by atoms with E-state index in [0.717, 1.165) is 67.1 Å². The fourth-order valence-corrected chi connectivity index (χ4v) is 9.23. The summed E-state index contributed by atoms with van der Waals surface area (Å²) in [4.78, 5) is 0. The van der Waals surface area contributed by atoms with E-state index in [0.29, 0.717) is 11.3 Å². The van der Waals surface area contributed by atoms with Gasteiger partial charge in [-0.2, -0.15) is 0 Å². The summed E-state index contributed by atoms with van der Waals surface area (Å²) < 4.78 is 0. The Labute approximate surface area is 194 Å². The normalized spacial score (nSPS) is 46.5. The van der Waals surface area contributed by atoms with Gasteiger partial charge in [0.2, 0.25) is 0 Å². The van der Waals surface area contributed by atoms with Gasteiger partial charge in [0.25, 0.3) is 0 Å². The zero-order chi connectivity index (χ0) is 21.7. The molecule has 0 aromatic heterocycles. The molecule has 0 amide bonds. The molecule has 10 atom stereocenters. The third-order valence-electron chi connectivity index (χ3n) is 11.2. The maximum atomic E-state index is 10.9. The summed E-state index contributed by atoms with van der Waals surface area (Å²) in [5.74, 6) is 6.52. The van der Waals surface area contributed by atoms with Crippen molar-refractivity contribution >= 4 is 0 Å². The van der Waals surface area contributed by atoms with Gasteiger partial charge in [0.15, 0.2) is 0 Å². The van der Waals surface area contributed by atoms with Gasteiger partial charge in [-0.25, -0.2) is 0 Å². The molecule has 2 heteroatoms. The van der Waals surface area contributed by atoms with Gasteiger partial charge < -0.3 is 10.2 Å². The topological polar surface area (TPSA) is 40.5 Å². The Balaban J connectivity index is 0.00000272. The van der Waals surface area contributed by atoms with Crippen molar-refractivity contribution in [2.45, 2.75) is 131 Å². The van der Waals surface area contributed by atoms with Crippen LogP contribution in [0.3, 0.4) is 0 Å². The molecule has 0 aromatic rings. The first-order valence-electron chi connectivity index (χ1n) is 13.6. The molecule has 4 aliphatic carbocycles. The summed E-state index contributed by atoms with van der Waals surface area (Å²) in [6.07, 6.45) is 15.0. The minimum Gasteiger partial charge on any atom is -0.393 e. The molecule has 2 N–H and O–H groups in total. The van der Waals surface area contributed by atoms with Gasteiger partial charge in [0, 0.05) is 0 Å². The molecule has 0 aromatic carbocycles. The first-order valence-corrected chi connectivity index (χ1v) is 13.6. The lowest BCUT2D eigenvalue weighted by Crippen LogP contribution is -2.51. The molecule has 0 radical (unpaired) electrons. The maximum Gasteiger partial charge on any atom is 0.0648 e. The summed E-state index contributed by atoms with van der Waals surface area (Å²) in [5, 5.41) is 21.2. The Morgan fingerprint density at radius 1 is 0.871 bits per heavy atom. The predicted molar refractivity (Wildman–Crippen MR) is 132 cm³/mol. The largest absolute Gasteiger partial charge is 0.393 e. The zero-order valence-electron chi connectivity index (χ0n) is 20.6. The van der Waals surface area contributed by atoms with Crippen molar-refractivity contribution in [3.8, 4) is 0 Å². The van der Waals surface area contributed by atoms with Gasteiger partial charge in [0.05, 0.1) is 11.7 Å². The first-order chi connectivity index (χ1) is 14.2. The standard InChI is InChI=1S/C28H50O2.CH4/c1-6-28(30)16-14-21-20(17-28)8-9-23-22(21)13-15-27(5)24(10-11-25(23)27)19(4)7-12-26(29)18(2)3;/h18-26,29-30H,6-17H2,1-5H3;1H4/t19-,20+,21+,22-,23-,24-,25+,26-,27-,28+;/m1./s1. The first kappa shape index (κ1) is 25.5. The minimum atomic E-state index is -0.356. The summed E-state index contributed by atoms with van der Waals surface area (Å²) >= 11 is 0. The molecule has 0 aliphatic heterocycles. The molecule has 0 heterocycles. The second-order valence-corrected chi connectivity index (χ2v) is 12.9. The molecule has 0 spiro atoms. The Morgan fingerprint density at radius 2 is 1.58 bits per heavy atom. The van der Waals surface area contributed by atoms with Crippen molar-refractivity contribution in [3.05, 3.63) is 0 Å². The molecule has 182 valence electrons. The average Bonchev–Trinajstić information content (AvgIpc) is 3.08. The predicted octanol–water partition coefficient (Wildman–Crippen LogP) is 7.47. The van der Waals surface area contributed by atoms with Gasteiger partial charge in [0.1, 0.15) is 0 Å². The molecule has 4 rings (SSSR count). The monoisotopic (exact) mass is 434 g/mol. The Morgan fingerprint density at radius 3 is 2.26 bits per heavy atom. The highest BCUT2D eigenvalue weighted by Crippen LogP contribution is 2.66. The fourth-order valence-electron chi connectivity index (χ4n) is 9.23. The summed E-state index contributed by atoms with van der Waals surface area (Å²) in [6, 6.07) is 0. The SMILES string of the molecule is C.CC[C@]1(O)CC[C@H]2[C@@H](CC[C@@H]3[C@@H]2CC[C@]2(C)[C@@H]([C@H](C)CC[C@@H](O)C(C)C)CC[C@@H]32)C1. The zero-order valence-corrected chi connectivity index (χ0v) is 20.6. The van der Waals surface area contributed by atoms with Gasteiger partial charge in [-0.05, 0) is 130 Å². The van der Waals surface area contributed by atoms with E-state index in [1.807, 2.05) is 0 Å². The van der Waals surface area contributed by atoms with Crippen LogP contribution in [0.15, 0.2) is 0 Å². The molecular weight excluding hydrogens is 380 g/mol. The number of rotatable bonds is 6. The van der Waals surface area contributed by atoms with Crippen LogP contribution in [0.25, 0.3) is 0 Å². The van der Waals surface area contributed by atoms with E-state index in [4.69, 9.17) is 0 Å². The van der Waals surface area contributed by atoms with Crippen molar-refractivity contribution in [3.63, 3.8) is 0 Å². The quantitative estimate of drug-likeness (QED) is 0.455. The average molecular weight is 435 g/mol. The Hall–Kier alpha value is -0.0800. The summed E-state index contributed by atoms with van der Waals surface area (Å²) in [5.41, 5.74) is 0.181. The highest BCUT2D eigenvalue weighted by Gasteiger charge is 2.58. The van der Waals surface area contributed by atoms with Crippen molar-refractivity contribution in [2.24, 2.45) is 52.8 Å². The number of aliphatic hydroxyl groups excluding tert-OH is 1. The lowest BCUT2D eigenvalue weighted by molar-refractivity contribution is -0.109. The van der Waals surface area contributed by atoms with Crippen LogP contribution in [0.2, 0.25) is 0 Å². The number of aliphatic hydroxyl groups is 2. The van der Waals surface area contributed by atoms with Gasteiger partial charge in [-0.15, -0.1) is 0 Å². The number of hydrogen-bond donors (Lipinski definition) is 2. The third-order valence-corrected chi connectivity index (χ3v) is 11.2. The molecule has 2 nitrogen and oxygen atoms in total. The van der Waals surface area contributed by atoms with Gasteiger partial charge >= 0.3 is 0 Å². The Bertz CT molecular complexity index is 587. The van der Waals surface area contributed by atoms with E-state index in [-0.39, 0.29) is 19.1 Å². The van der Waals surface area contributed by atoms with Crippen molar-refractivity contribution < 1.29 is 10.2 Å². The smallest absolute Gasteiger partial charge is 0.0648 e. The molecule has 0 unspecified atom stereocenters. The second-order valence-electron chi connectivity index (χ2n) is 12.9. The molecule has 0 saturated heterocycles. The highest BCUT2D eigenvalue weighted by molar-refractivity contribution is 5.07. The fraction of sp³-hybridized carbons (Fsp3) is 1.00. The second kappa shape index (κ2) is 9.65. The molecule has 31 heavy (non-hydrogen) atoms. The van der Waals surface area contributed by atoms with Crippen molar-refractivity contribution in [1.82, 2.24) is 0 Å². The molecule has 0 bridgehead atoms. The van der Waals surface area contributed by atoms with Crippen molar-refractivity contribution in [1.29, 1.82) is 0 Å². The van der Waals surface area contributed by atoms with Crippen LogP contribution in [0.4, 0.5) is 0 Å². The van der Waals surface area contributed by atoms with E-state index in [2.05, 4.69) is 34.6 Å². The third kappa shape index (κ3) is 4.64. The van der Waals surface area contributed by atoms with Gasteiger partial charge in [-0.3, -0.25) is 0 Å². The van der Waals surface area contributed by atoms with Crippen molar-refractivity contribution in [2.75, 3.05) is 0 Å². The number of fused-ring (bicyclic) bond motifs is 5. The van der Waals surface area contributed by atoms with Crippen LogP contribution in [0.5, 0.6) is 0 Å². The molecule has 4 fully saturated rings. The molecule has 4 aliphatic rings. The van der Waals surface area contributed by atoms with E-state index in [1.165, 1.54) is 51.4 Å². The van der Waals surface area contributed by atoms with E-state index in [9.17, 15) is 10.2 Å². The number of hydrogen-bond acceptors (Lipinski definition) is 2. The van der Waals surface area contributed by atoms with E-state index >= 15 is 0 Å². The van der Waals surface area contributed by atoms with E-state index in [1.54, 1.807) is 0 Å². The Kier molecular flexibility index (Phi) is 7.95.